The van der Waals surface area contributed by atoms with Gasteiger partial charge in [0.15, 0.2) is 24.1 Å². The van der Waals surface area contributed by atoms with Gasteiger partial charge in [0.05, 0.1) is 0 Å². The lowest BCUT2D eigenvalue weighted by atomic mass is 10.3. The normalized spacial score (nSPS) is 12.4. The summed E-state index contributed by atoms with van der Waals surface area (Å²) in [6.45, 7) is 0. The van der Waals surface area contributed by atoms with Gasteiger partial charge in [0.25, 0.3) is 0 Å². The highest BCUT2D eigenvalue weighted by Gasteiger charge is 2.30. The number of hydrogen-bond donors (Lipinski definition) is 0. The third kappa shape index (κ3) is 5.23. The molecular formula is C18H12O9S6. The molecule has 4 rings (SSSR count). The summed E-state index contributed by atoms with van der Waals surface area (Å²) in [6, 6.07) is 11.8. The maximum absolute atomic E-state index is 12.7. The van der Waals surface area contributed by atoms with Crippen molar-refractivity contribution in [1.82, 2.24) is 0 Å². The molecule has 15 heteroatoms. The van der Waals surface area contributed by atoms with Gasteiger partial charge in [0, 0.05) is 0 Å². The topological polar surface area (TPSA) is 130 Å². The van der Waals surface area contributed by atoms with Crippen LogP contribution < -0.4 is 12.5 Å². The smallest absolute Gasteiger partial charge is 0.349 e. The Morgan fingerprint density at radius 2 is 0.848 bits per heavy atom. The lowest BCUT2D eigenvalue weighted by Gasteiger charge is -2.15. The Bertz CT molecular complexity index is 1470. The molecule has 0 spiro atoms. The molecule has 0 radical (unpaired) electrons. The summed E-state index contributed by atoms with van der Waals surface area (Å²) in [5.41, 5.74) is 0. The van der Waals surface area contributed by atoms with E-state index in [4.69, 9.17) is 12.5 Å². The molecular weight excluding hydrogens is 553 g/mol. The fourth-order valence-corrected chi connectivity index (χ4v) is 8.06. The average molecular weight is 565 g/mol. The maximum atomic E-state index is 12.7. The van der Waals surface area contributed by atoms with Gasteiger partial charge in [0.1, 0.15) is 0 Å². The van der Waals surface area contributed by atoms with E-state index in [0.29, 0.717) is 0 Å². The monoisotopic (exact) mass is 564 g/mol. The zero-order valence-electron chi connectivity index (χ0n) is 16.1. The van der Waals surface area contributed by atoms with Crippen LogP contribution in [0.4, 0.5) is 0 Å². The quantitative estimate of drug-likeness (QED) is 0.275. The Labute approximate surface area is 201 Å². The minimum atomic E-state index is -4.46. The first-order valence-corrected chi connectivity index (χ1v) is 15.5. The molecule has 1 aromatic carbocycles. The summed E-state index contributed by atoms with van der Waals surface area (Å²) in [7, 11) is -13.2. The molecule has 0 fully saturated rings. The molecule has 0 atom stereocenters. The van der Waals surface area contributed by atoms with Crippen LogP contribution in [0.25, 0.3) is 0 Å². The average Bonchev–Trinajstić information content (AvgIpc) is 3.51. The van der Waals surface area contributed by atoms with Crippen molar-refractivity contribution < 1.29 is 37.8 Å². The first-order chi connectivity index (χ1) is 15.6. The number of rotatable bonds is 9. The second kappa shape index (κ2) is 9.08. The van der Waals surface area contributed by atoms with Crippen molar-refractivity contribution >= 4 is 64.4 Å². The minimum Gasteiger partial charge on any atom is -0.374 e. The van der Waals surface area contributed by atoms with Crippen LogP contribution in [-0.2, 0) is 30.4 Å². The molecule has 0 aliphatic rings. The first-order valence-electron chi connectivity index (χ1n) is 8.65. The van der Waals surface area contributed by atoms with Crippen LogP contribution in [0.2, 0.25) is 0 Å². The van der Waals surface area contributed by atoms with Gasteiger partial charge in [-0.25, -0.2) is 0 Å². The van der Waals surface area contributed by atoms with Crippen molar-refractivity contribution in [2.45, 2.75) is 12.6 Å². The Morgan fingerprint density at radius 1 is 0.485 bits per heavy atom. The van der Waals surface area contributed by atoms with Crippen molar-refractivity contribution in [2.24, 2.45) is 0 Å². The number of para-hydroxylation sites is 1. The molecule has 33 heavy (non-hydrogen) atoms. The third-order valence-corrected chi connectivity index (χ3v) is 11.5. The molecule has 0 saturated carbocycles. The molecule has 9 nitrogen and oxygen atoms in total. The lowest BCUT2D eigenvalue weighted by Crippen LogP contribution is -2.15. The predicted octanol–water partition coefficient (Wildman–Crippen LogP) is 4.17. The second-order valence-corrected chi connectivity index (χ2v) is 14.2. The third-order valence-electron chi connectivity index (χ3n) is 3.76. The fourth-order valence-electron chi connectivity index (χ4n) is 2.40. The highest BCUT2D eigenvalue weighted by molar-refractivity contribution is 7.90. The van der Waals surface area contributed by atoms with E-state index >= 15 is 0 Å². The zero-order valence-corrected chi connectivity index (χ0v) is 21.0. The summed E-state index contributed by atoms with van der Waals surface area (Å²) in [5, 5.41) is 4.53. The molecule has 0 saturated heterocycles. The van der Waals surface area contributed by atoms with Crippen LogP contribution in [0, 0.1) is 0 Å². The largest absolute Gasteiger partial charge is 0.374 e. The van der Waals surface area contributed by atoms with E-state index < -0.39 is 47.6 Å². The standard InChI is InChI=1S/C18H12O9S6/c19-31(20,15-7-2-10-28-15)25-13-5-1-6-14(26-32(21,22)16-8-3-11-29-16)18(13)27-33(23,24)17-9-4-12-30-17/h1-12H. The van der Waals surface area contributed by atoms with E-state index in [9.17, 15) is 25.3 Å². The summed E-state index contributed by atoms with van der Waals surface area (Å²) >= 11 is 2.62. The van der Waals surface area contributed by atoms with Crippen LogP contribution in [0.3, 0.4) is 0 Å². The SMILES string of the molecule is O=S(=O)(Oc1cccc(OS(=O)(=O)c2cccs2)c1OS(=O)(=O)c1cccs1)c1cccs1. The van der Waals surface area contributed by atoms with E-state index in [0.717, 1.165) is 46.1 Å². The Balaban J connectivity index is 1.80. The first kappa shape index (κ1) is 23.7. The molecule has 0 N–H and O–H groups in total. The summed E-state index contributed by atoms with van der Waals surface area (Å²) in [5.74, 6) is -1.86. The Kier molecular flexibility index (Phi) is 6.52. The van der Waals surface area contributed by atoms with Gasteiger partial charge in [-0.2, -0.15) is 25.3 Å². The van der Waals surface area contributed by atoms with Gasteiger partial charge < -0.3 is 12.5 Å². The van der Waals surface area contributed by atoms with Gasteiger partial charge in [-0.3, -0.25) is 0 Å². The number of benzene rings is 1. The van der Waals surface area contributed by atoms with Crippen molar-refractivity contribution in [3.63, 3.8) is 0 Å². The number of thiophene rings is 3. The molecule has 0 aliphatic heterocycles. The molecule has 4 aromatic rings. The van der Waals surface area contributed by atoms with Crippen molar-refractivity contribution in [2.75, 3.05) is 0 Å². The van der Waals surface area contributed by atoms with Gasteiger partial charge in [-0.15, -0.1) is 34.0 Å². The molecule has 0 unspecified atom stereocenters. The van der Waals surface area contributed by atoms with Gasteiger partial charge in [0.2, 0.25) is 5.75 Å². The summed E-state index contributed by atoms with van der Waals surface area (Å²) < 4.78 is 90.8. The van der Waals surface area contributed by atoms with Gasteiger partial charge in [-0.1, -0.05) is 24.3 Å². The molecule has 0 aliphatic carbocycles. The predicted molar refractivity (Wildman–Crippen MR) is 123 cm³/mol. The highest BCUT2D eigenvalue weighted by atomic mass is 32.3. The van der Waals surface area contributed by atoms with Gasteiger partial charge in [-0.05, 0) is 46.5 Å². The van der Waals surface area contributed by atoms with Crippen molar-refractivity contribution in [3.8, 4) is 17.2 Å². The summed E-state index contributed by atoms with van der Waals surface area (Å²) in [4.78, 5) is 0. The van der Waals surface area contributed by atoms with Crippen LogP contribution in [-0.4, -0.2) is 25.3 Å². The molecule has 3 aromatic heterocycles. The molecule has 0 bridgehead atoms. The van der Waals surface area contributed by atoms with Crippen LogP contribution >= 0.6 is 34.0 Å². The lowest BCUT2D eigenvalue weighted by molar-refractivity contribution is 0.430. The fraction of sp³-hybridized carbons (Fsp3) is 0. The van der Waals surface area contributed by atoms with Crippen LogP contribution in [0.5, 0.6) is 17.2 Å². The van der Waals surface area contributed by atoms with E-state index in [1.54, 1.807) is 0 Å². The molecule has 174 valence electrons. The Hall–Kier alpha value is -2.43. The van der Waals surface area contributed by atoms with E-state index in [1.807, 2.05) is 0 Å². The molecule has 0 amide bonds. The summed E-state index contributed by atoms with van der Waals surface area (Å²) in [6.07, 6.45) is 0. The van der Waals surface area contributed by atoms with E-state index in [2.05, 4.69) is 0 Å². The maximum Gasteiger partial charge on any atom is 0.349 e. The van der Waals surface area contributed by atoms with Crippen molar-refractivity contribution in [3.05, 3.63) is 70.7 Å². The zero-order chi connectivity index (χ0) is 23.7. The van der Waals surface area contributed by atoms with Gasteiger partial charge >= 0.3 is 30.4 Å². The van der Waals surface area contributed by atoms with Crippen molar-refractivity contribution in [1.29, 1.82) is 0 Å². The number of hydrogen-bond acceptors (Lipinski definition) is 12. The van der Waals surface area contributed by atoms with Crippen LogP contribution in [0.15, 0.2) is 83.4 Å². The highest BCUT2D eigenvalue weighted by Crippen LogP contribution is 2.42. The van der Waals surface area contributed by atoms with E-state index in [-0.39, 0.29) is 12.6 Å². The molecule has 3 heterocycles. The second-order valence-electron chi connectivity index (χ2n) is 5.99. The Morgan fingerprint density at radius 3 is 1.18 bits per heavy atom. The minimum absolute atomic E-state index is 0.146. The van der Waals surface area contributed by atoms with E-state index in [1.165, 1.54) is 58.6 Å². The van der Waals surface area contributed by atoms with Crippen LogP contribution in [0.1, 0.15) is 0 Å².